The minimum atomic E-state index is -0.612. The second-order valence-electron chi connectivity index (χ2n) is 5.84. The molecule has 0 bridgehead atoms. The maximum atomic E-state index is 13.7. The zero-order valence-corrected chi connectivity index (χ0v) is 15.5. The van der Waals surface area contributed by atoms with Gasteiger partial charge in [-0.2, -0.15) is 4.98 Å². The molecule has 27 heavy (non-hydrogen) atoms. The number of benzene rings is 2. The summed E-state index contributed by atoms with van der Waals surface area (Å²) < 4.78 is 32.5. The van der Waals surface area contributed by atoms with Crippen LogP contribution in [0.5, 0.6) is 11.6 Å². The van der Waals surface area contributed by atoms with Crippen LogP contribution in [0.1, 0.15) is 28.5 Å². The maximum Gasteiger partial charge on any atom is 0.223 e. The molecular formula is C20H16F2N2O2S. The summed E-state index contributed by atoms with van der Waals surface area (Å²) in [4.78, 5) is 19.9. The van der Waals surface area contributed by atoms with E-state index in [0.717, 1.165) is 6.07 Å². The van der Waals surface area contributed by atoms with E-state index < -0.39 is 11.6 Å². The number of rotatable bonds is 6. The first-order chi connectivity index (χ1) is 12.9. The van der Waals surface area contributed by atoms with Crippen LogP contribution in [0.15, 0.2) is 53.7 Å². The van der Waals surface area contributed by atoms with Crippen molar-refractivity contribution in [3.05, 3.63) is 77.0 Å². The number of carbonyl (C=O) groups excluding carboxylic acids is 1. The minimum absolute atomic E-state index is 0.0221. The SMILES string of the molecule is CC(=O)c1ccc(Oc2cc(C)nc(SCc3ccc(F)cc3F)n2)cc1. The average molecular weight is 386 g/mol. The van der Waals surface area contributed by atoms with Crippen LogP contribution < -0.4 is 4.74 Å². The summed E-state index contributed by atoms with van der Waals surface area (Å²) in [5.74, 6) is -0.0795. The van der Waals surface area contributed by atoms with E-state index in [2.05, 4.69) is 9.97 Å². The number of ether oxygens (including phenoxy) is 1. The standard InChI is InChI=1S/C20H16F2N2O2S/c1-12-9-19(26-17-7-4-14(5-8-17)13(2)25)24-20(23-12)27-11-15-3-6-16(21)10-18(15)22/h3-10H,11H2,1-2H3. The fraction of sp³-hybridized carbons (Fsp3) is 0.150. The van der Waals surface area contributed by atoms with Crippen molar-refractivity contribution < 1.29 is 18.3 Å². The van der Waals surface area contributed by atoms with E-state index in [9.17, 15) is 13.6 Å². The lowest BCUT2D eigenvalue weighted by Gasteiger charge is -2.08. The number of nitrogens with zero attached hydrogens (tertiary/aromatic N) is 2. The molecule has 1 heterocycles. The van der Waals surface area contributed by atoms with Crippen LogP contribution in [0.4, 0.5) is 8.78 Å². The predicted octanol–water partition coefficient (Wildman–Crippen LogP) is 5.35. The summed E-state index contributed by atoms with van der Waals surface area (Å²) in [7, 11) is 0. The Morgan fingerprint density at radius 3 is 2.48 bits per heavy atom. The molecule has 0 saturated carbocycles. The normalized spacial score (nSPS) is 10.7. The summed E-state index contributed by atoms with van der Waals surface area (Å²) in [5.41, 5.74) is 1.66. The number of thioether (sulfide) groups is 1. The topological polar surface area (TPSA) is 52.1 Å². The quantitative estimate of drug-likeness (QED) is 0.325. The summed E-state index contributed by atoms with van der Waals surface area (Å²) in [5, 5.41) is 0.425. The van der Waals surface area contributed by atoms with E-state index in [1.165, 1.54) is 30.8 Å². The number of aryl methyl sites for hydroxylation is 1. The minimum Gasteiger partial charge on any atom is -0.439 e. The smallest absolute Gasteiger partial charge is 0.223 e. The molecule has 0 aliphatic rings. The molecule has 0 fully saturated rings. The Bertz CT molecular complexity index is 978. The second-order valence-corrected chi connectivity index (χ2v) is 6.78. The Morgan fingerprint density at radius 2 is 1.81 bits per heavy atom. The van der Waals surface area contributed by atoms with Gasteiger partial charge in [-0.15, -0.1) is 0 Å². The highest BCUT2D eigenvalue weighted by Crippen LogP contribution is 2.26. The molecule has 0 N–H and O–H groups in total. The van der Waals surface area contributed by atoms with Crippen molar-refractivity contribution in [1.29, 1.82) is 0 Å². The Morgan fingerprint density at radius 1 is 1.07 bits per heavy atom. The van der Waals surface area contributed by atoms with Gasteiger partial charge in [0.05, 0.1) is 0 Å². The average Bonchev–Trinajstić information content (AvgIpc) is 2.61. The van der Waals surface area contributed by atoms with Crippen LogP contribution >= 0.6 is 11.8 Å². The van der Waals surface area contributed by atoms with Crippen molar-refractivity contribution in [3.8, 4) is 11.6 Å². The molecule has 3 rings (SSSR count). The highest BCUT2D eigenvalue weighted by atomic mass is 32.2. The summed E-state index contributed by atoms with van der Waals surface area (Å²) in [6, 6.07) is 11.9. The molecule has 4 nitrogen and oxygen atoms in total. The Balaban J connectivity index is 1.72. The van der Waals surface area contributed by atoms with Gasteiger partial charge in [0.1, 0.15) is 17.4 Å². The van der Waals surface area contributed by atoms with Crippen molar-refractivity contribution in [2.75, 3.05) is 0 Å². The number of halogens is 2. The number of carbonyl (C=O) groups is 1. The Hall–Kier alpha value is -2.80. The van der Waals surface area contributed by atoms with Crippen LogP contribution in [0.3, 0.4) is 0 Å². The third kappa shape index (κ3) is 5.10. The van der Waals surface area contributed by atoms with Crippen molar-refractivity contribution in [1.82, 2.24) is 9.97 Å². The molecule has 0 unspecified atom stereocenters. The zero-order chi connectivity index (χ0) is 19.4. The Labute approximate surface area is 159 Å². The zero-order valence-electron chi connectivity index (χ0n) is 14.7. The van der Waals surface area contributed by atoms with Gasteiger partial charge in [0, 0.05) is 29.1 Å². The van der Waals surface area contributed by atoms with E-state index in [1.54, 1.807) is 37.3 Å². The van der Waals surface area contributed by atoms with E-state index in [4.69, 9.17) is 4.74 Å². The monoisotopic (exact) mass is 386 g/mol. The van der Waals surface area contributed by atoms with Gasteiger partial charge in [0.15, 0.2) is 10.9 Å². The van der Waals surface area contributed by atoms with Crippen molar-refractivity contribution in [2.24, 2.45) is 0 Å². The molecule has 138 valence electrons. The molecule has 0 saturated heterocycles. The van der Waals surface area contributed by atoms with E-state index in [1.807, 2.05) is 0 Å². The maximum absolute atomic E-state index is 13.7. The Kier molecular flexibility index (Phi) is 5.81. The third-order valence-corrected chi connectivity index (χ3v) is 4.56. The van der Waals surface area contributed by atoms with Gasteiger partial charge in [-0.3, -0.25) is 4.79 Å². The van der Waals surface area contributed by atoms with Crippen molar-refractivity contribution in [3.63, 3.8) is 0 Å². The fourth-order valence-electron chi connectivity index (χ4n) is 2.29. The van der Waals surface area contributed by atoms with Crippen molar-refractivity contribution in [2.45, 2.75) is 24.8 Å². The summed E-state index contributed by atoms with van der Waals surface area (Å²) in [6.07, 6.45) is 0. The second kappa shape index (κ2) is 8.26. The lowest BCUT2D eigenvalue weighted by atomic mass is 10.1. The number of ketones is 1. The first-order valence-electron chi connectivity index (χ1n) is 8.12. The molecule has 1 aromatic heterocycles. The molecule has 2 aromatic carbocycles. The van der Waals surface area contributed by atoms with Gasteiger partial charge in [0.25, 0.3) is 0 Å². The lowest BCUT2D eigenvalue weighted by molar-refractivity contribution is 0.101. The molecule has 0 radical (unpaired) electrons. The predicted molar refractivity (Wildman–Crippen MR) is 99.2 cm³/mol. The van der Waals surface area contributed by atoms with Crippen LogP contribution in [0, 0.1) is 18.6 Å². The molecule has 0 amide bonds. The first-order valence-corrected chi connectivity index (χ1v) is 9.10. The van der Waals surface area contributed by atoms with Gasteiger partial charge in [-0.05, 0) is 49.7 Å². The number of hydrogen-bond donors (Lipinski definition) is 0. The lowest BCUT2D eigenvalue weighted by Crippen LogP contribution is -1.97. The molecule has 0 aliphatic carbocycles. The molecular weight excluding hydrogens is 370 g/mol. The highest BCUT2D eigenvalue weighted by molar-refractivity contribution is 7.98. The third-order valence-electron chi connectivity index (χ3n) is 3.67. The van der Waals surface area contributed by atoms with Crippen LogP contribution in [0.25, 0.3) is 0 Å². The van der Waals surface area contributed by atoms with E-state index in [-0.39, 0.29) is 11.5 Å². The fourth-order valence-corrected chi connectivity index (χ4v) is 3.17. The van der Waals surface area contributed by atoms with Gasteiger partial charge in [0.2, 0.25) is 5.88 Å². The summed E-state index contributed by atoms with van der Waals surface area (Å²) in [6.45, 7) is 3.30. The van der Waals surface area contributed by atoms with Crippen molar-refractivity contribution >= 4 is 17.5 Å². The molecule has 0 aliphatic heterocycles. The van der Waals surface area contributed by atoms with Crippen LogP contribution in [0.2, 0.25) is 0 Å². The van der Waals surface area contributed by atoms with Gasteiger partial charge in [-0.25, -0.2) is 13.8 Å². The number of hydrogen-bond acceptors (Lipinski definition) is 5. The first kappa shape index (κ1) is 19.0. The number of Topliss-reactive ketones (excluding diaryl/α,β-unsaturated/α-hetero) is 1. The molecule has 3 aromatic rings. The van der Waals surface area contributed by atoms with Gasteiger partial charge >= 0.3 is 0 Å². The largest absolute Gasteiger partial charge is 0.439 e. The van der Waals surface area contributed by atoms with Crippen LogP contribution in [-0.2, 0) is 5.75 Å². The number of aromatic nitrogens is 2. The molecule has 7 heteroatoms. The van der Waals surface area contributed by atoms with E-state index in [0.29, 0.717) is 33.6 Å². The molecule has 0 atom stereocenters. The van der Waals surface area contributed by atoms with Gasteiger partial charge in [-0.1, -0.05) is 17.8 Å². The highest BCUT2D eigenvalue weighted by Gasteiger charge is 2.09. The molecule has 0 spiro atoms. The van der Waals surface area contributed by atoms with Gasteiger partial charge < -0.3 is 4.74 Å². The van der Waals surface area contributed by atoms with E-state index >= 15 is 0 Å². The van der Waals surface area contributed by atoms with Crippen LogP contribution in [-0.4, -0.2) is 15.8 Å². The summed E-state index contributed by atoms with van der Waals surface area (Å²) >= 11 is 1.23.